The minimum atomic E-state index is -3.77. The number of esters is 1. The van der Waals surface area contributed by atoms with Crippen molar-refractivity contribution < 1.29 is 27.5 Å². The third-order valence-corrected chi connectivity index (χ3v) is 5.55. The molecular formula is C13H16BrN3O6S. The first-order valence-corrected chi connectivity index (χ1v) is 8.73. The maximum atomic E-state index is 12.2. The Kier molecular flexibility index (Phi) is 6.87. The van der Waals surface area contributed by atoms with Gasteiger partial charge in [-0.05, 0) is 34.1 Å². The van der Waals surface area contributed by atoms with Crippen LogP contribution in [0.15, 0.2) is 27.6 Å². The van der Waals surface area contributed by atoms with Gasteiger partial charge in [-0.2, -0.15) is 0 Å². The van der Waals surface area contributed by atoms with Crippen LogP contribution in [-0.2, 0) is 19.6 Å². The van der Waals surface area contributed by atoms with Crippen LogP contribution in [0.4, 0.5) is 4.79 Å². The zero-order chi connectivity index (χ0) is 18.5. The number of ether oxygens (including phenoxy) is 1. The highest BCUT2D eigenvalue weighted by Crippen LogP contribution is 2.25. The molecule has 1 rings (SSSR count). The number of imide groups is 1. The molecule has 0 saturated heterocycles. The lowest BCUT2D eigenvalue weighted by molar-refractivity contribution is -0.123. The van der Waals surface area contributed by atoms with Crippen molar-refractivity contribution in [3.8, 4) is 0 Å². The largest absolute Gasteiger partial charge is 0.452 e. The van der Waals surface area contributed by atoms with Crippen molar-refractivity contribution in [2.24, 2.45) is 0 Å². The van der Waals surface area contributed by atoms with Gasteiger partial charge in [0.2, 0.25) is 10.0 Å². The molecule has 0 spiro atoms. The van der Waals surface area contributed by atoms with Gasteiger partial charge in [0.05, 0.1) is 10.5 Å². The van der Waals surface area contributed by atoms with E-state index in [4.69, 9.17) is 4.74 Å². The van der Waals surface area contributed by atoms with Gasteiger partial charge in [0.15, 0.2) is 6.61 Å². The Morgan fingerprint density at radius 2 is 1.88 bits per heavy atom. The average Bonchev–Trinajstić information content (AvgIpc) is 2.52. The van der Waals surface area contributed by atoms with Crippen molar-refractivity contribution in [1.29, 1.82) is 0 Å². The molecule has 11 heteroatoms. The van der Waals surface area contributed by atoms with Gasteiger partial charge < -0.3 is 10.1 Å². The van der Waals surface area contributed by atoms with E-state index in [2.05, 4.69) is 21.2 Å². The second-order valence-electron chi connectivity index (χ2n) is 4.64. The zero-order valence-electron chi connectivity index (χ0n) is 13.1. The fourth-order valence-electron chi connectivity index (χ4n) is 1.46. The van der Waals surface area contributed by atoms with Crippen LogP contribution >= 0.6 is 15.9 Å². The van der Waals surface area contributed by atoms with Crippen LogP contribution in [0.25, 0.3) is 0 Å². The molecule has 2 N–H and O–H groups in total. The molecule has 0 heterocycles. The first-order valence-electron chi connectivity index (χ1n) is 6.50. The molecule has 132 valence electrons. The molecule has 0 aliphatic carbocycles. The topological polar surface area (TPSA) is 122 Å². The third-order valence-electron chi connectivity index (χ3n) is 2.74. The summed E-state index contributed by atoms with van der Waals surface area (Å²) in [4.78, 5) is 34.1. The van der Waals surface area contributed by atoms with Gasteiger partial charge in [-0.25, -0.2) is 22.3 Å². The highest BCUT2D eigenvalue weighted by atomic mass is 79.9. The van der Waals surface area contributed by atoms with Gasteiger partial charge in [-0.3, -0.25) is 10.1 Å². The number of halogens is 1. The first kappa shape index (κ1) is 20.1. The number of amides is 3. The second-order valence-corrected chi connectivity index (χ2v) is 7.61. The molecule has 0 aliphatic rings. The van der Waals surface area contributed by atoms with E-state index in [1.54, 1.807) is 0 Å². The van der Waals surface area contributed by atoms with Crippen molar-refractivity contribution in [2.45, 2.75) is 4.90 Å². The molecule has 0 aliphatic heterocycles. The quantitative estimate of drug-likeness (QED) is 0.659. The summed E-state index contributed by atoms with van der Waals surface area (Å²) in [5.74, 6) is -1.72. The predicted octanol–water partition coefficient (Wildman–Crippen LogP) is 0.312. The Morgan fingerprint density at radius 3 is 2.42 bits per heavy atom. The van der Waals surface area contributed by atoms with Crippen molar-refractivity contribution in [3.63, 3.8) is 0 Å². The van der Waals surface area contributed by atoms with Gasteiger partial charge in [0, 0.05) is 25.6 Å². The van der Waals surface area contributed by atoms with Crippen molar-refractivity contribution in [3.05, 3.63) is 28.2 Å². The van der Waals surface area contributed by atoms with Crippen molar-refractivity contribution in [2.75, 3.05) is 27.7 Å². The summed E-state index contributed by atoms with van der Waals surface area (Å²) in [6, 6.07) is 3.13. The second kappa shape index (κ2) is 8.22. The normalized spacial score (nSPS) is 11.0. The third kappa shape index (κ3) is 5.01. The van der Waals surface area contributed by atoms with Crippen LogP contribution in [0, 0.1) is 0 Å². The number of carbonyl (C=O) groups excluding carboxylic acids is 3. The minimum absolute atomic E-state index is 0.0497. The van der Waals surface area contributed by atoms with Crippen LogP contribution in [0.3, 0.4) is 0 Å². The maximum Gasteiger partial charge on any atom is 0.338 e. The Hall–Kier alpha value is -1.98. The number of sulfonamides is 1. The summed E-state index contributed by atoms with van der Waals surface area (Å²) >= 11 is 3.11. The van der Waals surface area contributed by atoms with Gasteiger partial charge in [-0.15, -0.1) is 0 Å². The molecule has 0 unspecified atom stereocenters. The monoisotopic (exact) mass is 421 g/mol. The lowest BCUT2D eigenvalue weighted by atomic mass is 10.2. The molecular weight excluding hydrogens is 406 g/mol. The molecule has 0 atom stereocenters. The first-order chi connectivity index (χ1) is 11.1. The molecule has 0 aromatic heterocycles. The number of nitrogens with zero attached hydrogens (tertiary/aromatic N) is 1. The molecule has 3 amide bonds. The molecule has 0 saturated carbocycles. The zero-order valence-corrected chi connectivity index (χ0v) is 15.5. The highest BCUT2D eigenvalue weighted by Gasteiger charge is 2.23. The Morgan fingerprint density at radius 1 is 1.25 bits per heavy atom. The molecule has 9 nitrogen and oxygen atoms in total. The van der Waals surface area contributed by atoms with Gasteiger partial charge in [0.25, 0.3) is 5.91 Å². The Labute approximate surface area is 147 Å². The summed E-state index contributed by atoms with van der Waals surface area (Å²) < 4.78 is 30.4. The summed E-state index contributed by atoms with van der Waals surface area (Å²) in [5, 5.41) is 4.09. The number of nitrogens with one attached hydrogen (secondary N) is 2. The maximum absolute atomic E-state index is 12.2. The van der Waals surface area contributed by atoms with E-state index < -0.39 is 34.5 Å². The van der Waals surface area contributed by atoms with Crippen LogP contribution < -0.4 is 10.6 Å². The highest BCUT2D eigenvalue weighted by molar-refractivity contribution is 9.10. The van der Waals surface area contributed by atoms with Crippen LogP contribution in [-0.4, -0.2) is 58.4 Å². The smallest absolute Gasteiger partial charge is 0.338 e. The standard InChI is InChI=1S/C13H16BrN3O6S/c1-15-13(20)16-11(18)7-23-12(19)8-4-5-9(14)10(6-8)24(21,22)17(2)3/h4-6H,7H2,1-3H3,(H2,15,16,18,20). The number of rotatable bonds is 5. The van der Waals surface area contributed by atoms with E-state index in [0.717, 1.165) is 10.4 Å². The molecule has 1 aromatic rings. The lowest BCUT2D eigenvalue weighted by Crippen LogP contribution is -2.39. The number of benzene rings is 1. The Bertz CT molecular complexity index is 763. The van der Waals surface area contributed by atoms with Crippen molar-refractivity contribution >= 4 is 43.9 Å². The minimum Gasteiger partial charge on any atom is -0.452 e. The van der Waals surface area contributed by atoms with Gasteiger partial charge in [0.1, 0.15) is 0 Å². The van der Waals surface area contributed by atoms with E-state index in [-0.39, 0.29) is 14.9 Å². The SMILES string of the molecule is CNC(=O)NC(=O)COC(=O)c1ccc(Br)c(S(=O)(=O)N(C)C)c1. The van der Waals surface area contributed by atoms with E-state index in [1.807, 2.05) is 5.32 Å². The fourth-order valence-corrected chi connectivity index (χ4v) is 3.31. The van der Waals surface area contributed by atoms with E-state index in [9.17, 15) is 22.8 Å². The van der Waals surface area contributed by atoms with Crippen molar-refractivity contribution in [1.82, 2.24) is 14.9 Å². The fraction of sp³-hybridized carbons (Fsp3) is 0.308. The molecule has 1 aromatic carbocycles. The number of carbonyl (C=O) groups is 3. The number of hydrogen-bond acceptors (Lipinski definition) is 6. The molecule has 0 bridgehead atoms. The summed E-state index contributed by atoms with van der Waals surface area (Å²) in [6.45, 7) is -0.682. The van der Waals surface area contributed by atoms with Gasteiger partial charge >= 0.3 is 12.0 Å². The number of urea groups is 1. The van der Waals surface area contributed by atoms with Crippen LogP contribution in [0.5, 0.6) is 0 Å². The summed E-state index contributed by atoms with van der Waals surface area (Å²) in [7, 11) is 0.269. The van der Waals surface area contributed by atoms with Gasteiger partial charge in [-0.1, -0.05) is 0 Å². The van der Waals surface area contributed by atoms with Crippen LogP contribution in [0.2, 0.25) is 0 Å². The van der Waals surface area contributed by atoms with E-state index >= 15 is 0 Å². The van der Waals surface area contributed by atoms with E-state index in [0.29, 0.717) is 0 Å². The predicted molar refractivity (Wildman–Crippen MR) is 87.9 cm³/mol. The molecule has 0 fully saturated rings. The Balaban J connectivity index is 2.90. The average molecular weight is 422 g/mol. The van der Waals surface area contributed by atoms with Crippen LogP contribution in [0.1, 0.15) is 10.4 Å². The van der Waals surface area contributed by atoms with E-state index in [1.165, 1.54) is 33.3 Å². The molecule has 24 heavy (non-hydrogen) atoms. The summed E-state index contributed by atoms with van der Waals surface area (Å²) in [6.07, 6.45) is 0. The summed E-state index contributed by atoms with van der Waals surface area (Å²) in [5.41, 5.74) is -0.0497. The lowest BCUT2D eigenvalue weighted by Gasteiger charge is -2.13. The molecule has 0 radical (unpaired) electrons. The number of hydrogen-bond donors (Lipinski definition) is 2.